The molecule has 0 aliphatic rings. The fraction of sp³-hybridized carbons (Fsp3) is 0.625. The summed E-state index contributed by atoms with van der Waals surface area (Å²) in [5.41, 5.74) is 1.25. The van der Waals surface area contributed by atoms with Crippen LogP contribution in [-0.4, -0.2) is 9.97 Å². The van der Waals surface area contributed by atoms with Crippen LogP contribution in [0.2, 0.25) is 0 Å². The number of hydrogen-bond acceptors (Lipinski definition) is 1. The van der Waals surface area contributed by atoms with Crippen LogP contribution in [0.15, 0.2) is 6.20 Å². The van der Waals surface area contributed by atoms with Gasteiger partial charge in [0, 0.05) is 11.9 Å². The third-order valence-electron chi connectivity index (χ3n) is 1.87. The Morgan fingerprint density at radius 2 is 2.40 bits per heavy atom. The molecule has 0 radical (unpaired) electrons. The quantitative estimate of drug-likeness (QED) is 0.667. The molecule has 0 spiro atoms. The van der Waals surface area contributed by atoms with Gasteiger partial charge in [-0.2, -0.15) is 0 Å². The second-order valence-corrected chi connectivity index (χ2v) is 2.73. The lowest BCUT2D eigenvalue weighted by molar-refractivity contribution is 0.711. The van der Waals surface area contributed by atoms with Crippen molar-refractivity contribution in [3.05, 3.63) is 17.7 Å². The van der Waals surface area contributed by atoms with Crippen LogP contribution in [0.4, 0.5) is 0 Å². The second-order valence-electron chi connectivity index (χ2n) is 2.73. The molecule has 2 nitrogen and oxygen atoms in total. The Morgan fingerprint density at radius 3 is 2.80 bits per heavy atom. The predicted molar refractivity (Wildman–Crippen MR) is 42.0 cm³/mol. The first-order valence-electron chi connectivity index (χ1n) is 3.75. The number of imidazole rings is 1. The van der Waals surface area contributed by atoms with Gasteiger partial charge in [-0.15, -0.1) is 0 Å². The van der Waals surface area contributed by atoms with Crippen molar-refractivity contribution in [2.75, 3.05) is 0 Å². The van der Waals surface area contributed by atoms with Crippen molar-refractivity contribution in [2.24, 2.45) is 0 Å². The number of aryl methyl sites for hydroxylation is 1. The van der Waals surface area contributed by atoms with E-state index in [0.717, 1.165) is 5.82 Å². The zero-order valence-electron chi connectivity index (χ0n) is 6.81. The van der Waals surface area contributed by atoms with E-state index in [1.165, 1.54) is 12.1 Å². The zero-order valence-corrected chi connectivity index (χ0v) is 6.81. The van der Waals surface area contributed by atoms with Gasteiger partial charge in [0.2, 0.25) is 0 Å². The van der Waals surface area contributed by atoms with Crippen molar-refractivity contribution in [1.82, 2.24) is 9.97 Å². The number of H-pyrrole nitrogens is 1. The number of aromatic amines is 1. The third kappa shape index (κ3) is 1.38. The van der Waals surface area contributed by atoms with Crippen LogP contribution in [0, 0.1) is 6.92 Å². The molecular formula is C8H14N2. The molecule has 1 aromatic heterocycles. The molecule has 1 heterocycles. The number of hydrogen-bond donors (Lipinski definition) is 1. The standard InChI is InChI=1S/C8H14N2/c1-4-6(2)8-5-9-7(3)10-8/h5-6H,4H2,1-3H3,(H,9,10). The Morgan fingerprint density at radius 1 is 1.70 bits per heavy atom. The van der Waals surface area contributed by atoms with Gasteiger partial charge < -0.3 is 4.98 Å². The molecule has 2 heteroatoms. The fourth-order valence-electron chi connectivity index (χ4n) is 0.910. The number of nitrogens with one attached hydrogen (secondary N) is 1. The molecule has 1 aromatic rings. The maximum atomic E-state index is 4.13. The molecule has 0 amide bonds. The molecule has 1 N–H and O–H groups in total. The molecule has 0 saturated heterocycles. The van der Waals surface area contributed by atoms with Crippen LogP contribution in [0.5, 0.6) is 0 Å². The molecule has 0 fully saturated rings. The van der Waals surface area contributed by atoms with Gasteiger partial charge in [-0.1, -0.05) is 13.8 Å². The van der Waals surface area contributed by atoms with Crippen LogP contribution >= 0.6 is 0 Å². The summed E-state index contributed by atoms with van der Waals surface area (Å²) in [5.74, 6) is 1.62. The number of nitrogens with zero attached hydrogens (tertiary/aromatic N) is 1. The molecule has 0 aliphatic heterocycles. The largest absolute Gasteiger partial charge is 0.346 e. The highest BCUT2D eigenvalue weighted by Gasteiger charge is 2.03. The van der Waals surface area contributed by atoms with Gasteiger partial charge in [-0.05, 0) is 19.3 Å². The molecule has 10 heavy (non-hydrogen) atoms. The monoisotopic (exact) mass is 138 g/mol. The molecule has 1 rings (SSSR count). The predicted octanol–water partition coefficient (Wildman–Crippen LogP) is 2.23. The van der Waals surface area contributed by atoms with E-state index in [9.17, 15) is 0 Å². The Bertz CT molecular complexity index is 203. The van der Waals surface area contributed by atoms with Crippen molar-refractivity contribution in [1.29, 1.82) is 0 Å². The van der Waals surface area contributed by atoms with Crippen LogP contribution < -0.4 is 0 Å². The van der Waals surface area contributed by atoms with Crippen LogP contribution in [-0.2, 0) is 0 Å². The molecule has 0 aromatic carbocycles. The normalized spacial score (nSPS) is 13.5. The lowest BCUT2D eigenvalue weighted by Gasteiger charge is -2.02. The van der Waals surface area contributed by atoms with Gasteiger partial charge in [0.1, 0.15) is 5.82 Å². The SMILES string of the molecule is CCC(C)c1cnc(C)[nH]1. The summed E-state index contributed by atoms with van der Waals surface area (Å²) in [6.07, 6.45) is 3.09. The maximum absolute atomic E-state index is 4.13. The molecule has 56 valence electrons. The van der Waals surface area contributed by atoms with Gasteiger partial charge in [0.15, 0.2) is 0 Å². The highest BCUT2D eigenvalue weighted by atomic mass is 14.9. The summed E-state index contributed by atoms with van der Waals surface area (Å²) in [7, 11) is 0. The molecule has 0 aliphatic carbocycles. The highest BCUT2D eigenvalue weighted by molar-refractivity contribution is 5.04. The van der Waals surface area contributed by atoms with Gasteiger partial charge in [-0.25, -0.2) is 4.98 Å². The summed E-state index contributed by atoms with van der Waals surface area (Å²) < 4.78 is 0. The second kappa shape index (κ2) is 2.86. The van der Waals surface area contributed by atoms with Gasteiger partial charge in [0.05, 0.1) is 0 Å². The van der Waals surface area contributed by atoms with E-state index < -0.39 is 0 Å². The van der Waals surface area contributed by atoms with Crippen molar-refractivity contribution >= 4 is 0 Å². The first-order valence-corrected chi connectivity index (χ1v) is 3.75. The highest BCUT2D eigenvalue weighted by Crippen LogP contribution is 2.15. The topological polar surface area (TPSA) is 28.7 Å². The van der Waals surface area contributed by atoms with Gasteiger partial charge in [-0.3, -0.25) is 0 Å². The average molecular weight is 138 g/mol. The zero-order chi connectivity index (χ0) is 7.56. The molecule has 1 atom stereocenters. The summed E-state index contributed by atoms with van der Waals surface area (Å²) in [4.78, 5) is 7.35. The summed E-state index contributed by atoms with van der Waals surface area (Å²) in [6.45, 7) is 6.36. The summed E-state index contributed by atoms with van der Waals surface area (Å²) in [6, 6.07) is 0. The molecular weight excluding hydrogens is 124 g/mol. The molecule has 0 bridgehead atoms. The van der Waals surface area contributed by atoms with Crippen molar-refractivity contribution in [3.8, 4) is 0 Å². The number of rotatable bonds is 2. The van der Waals surface area contributed by atoms with Crippen molar-refractivity contribution < 1.29 is 0 Å². The summed E-state index contributed by atoms with van der Waals surface area (Å²) >= 11 is 0. The smallest absolute Gasteiger partial charge is 0.103 e. The number of aromatic nitrogens is 2. The maximum Gasteiger partial charge on any atom is 0.103 e. The Kier molecular flexibility index (Phi) is 2.10. The lowest BCUT2D eigenvalue weighted by Crippen LogP contribution is -1.90. The Labute approximate surface area is 61.7 Å². The lowest BCUT2D eigenvalue weighted by atomic mass is 10.1. The van der Waals surface area contributed by atoms with E-state index in [1.54, 1.807) is 0 Å². The van der Waals surface area contributed by atoms with Crippen LogP contribution in [0.3, 0.4) is 0 Å². The van der Waals surface area contributed by atoms with E-state index in [2.05, 4.69) is 23.8 Å². The Hall–Kier alpha value is -0.790. The molecule has 0 saturated carbocycles. The molecule has 1 unspecified atom stereocenters. The van der Waals surface area contributed by atoms with E-state index in [-0.39, 0.29) is 0 Å². The van der Waals surface area contributed by atoms with E-state index in [4.69, 9.17) is 0 Å². The fourth-order valence-corrected chi connectivity index (χ4v) is 0.910. The average Bonchev–Trinajstić information content (AvgIpc) is 2.34. The minimum absolute atomic E-state index is 0.612. The minimum Gasteiger partial charge on any atom is -0.346 e. The van der Waals surface area contributed by atoms with Crippen LogP contribution in [0.1, 0.15) is 37.7 Å². The van der Waals surface area contributed by atoms with E-state index in [0.29, 0.717) is 5.92 Å². The van der Waals surface area contributed by atoms with Gasteiger partial charge >= 0.3 is 0 Å². The van der Waals surface area contributed by atoms with E-state index >= 15 is 0 Å². The summed E-state index contributed by atoms with van der Waals surface area (Å²) in [5, 5.41) is 0. The van der Waals surface area contributed by atoms with Crippen molar-refractivity contribution in [2.45, 2.75) is 33.1 Å². The van der Waals surface area contributed by atoms with Crippen molar-refractivity contribution in [3.63, 3.8) is 0 Å². The first kappa shape index (κ1) is 7.32. The Balaban J connectivity index is 2.74. The van der Waals surface area contributed by atoms with Gasteiger partial charge in [0.25, 0.3) is 0 Å². The minimum atomic E-state index is 0.612. The van der Waals surface area contributed by atoms with Crippen LogP contribution in [0.25, 0.3) is 0 Å². The first-order chi connectivity index (χ1) is 4.74. The van der Waals surface area contributed by atoms with E-state index in [1.807, 2.05) is 13.1 Å². The third-order valence-corrected chi connectivity index (χ3v) is 1.87.